The lowest BCUT2D eigenvalue weighted by Gasteiger charge is -2.11. The number of ether oxygens (including phenoxy) is 1. The highest BCUT2D eigenvalue weighted by atomic mass is 16.5. The molecule has 0 amide bonds. The van der Waals surface area contributed by atoms with Crippen LogP contribution in [-0.2, 0) is 9.53 Å². The van der Waals surface area contributed by atoms with Gasteiger partial charge in [0.05, 0.1) is 13.2 Å². The minimum Gasteiger partial charge on any atom is -0.392 e. The molecule has 0 aromatic rings. The first kappa shape index (κ1) is 8.64. The van der Waals surface area contributed by atoms with Gasteiger partial charge >= 0.3 is 0 Å². The number of carbonyl (C=O) groups excluding carboxylic acids is 1. The second-order valence-electron chi connectivity index (χ2n) is 2.77. The summed E-state index contributed by atoms with van der Waals surface area (Å²) in [6.45, 7) is 2.29. The molecule has 4 nitrogen and oxygen atoms in total. The van der Waals surface area contributed by atoms with Crippen molar-refractivity contribution in [1.82, 2.24) is 5.32 Å². The Hall–Kier alpha value is -0.450. The predicted molar refractivity (Wildman–Crippen MR) is 39.0 cm³/mol. The van der Waals surface area contributed by atoms with Gasteiger partial charge < -0.3 is 14.6 Å². The average molecular weight is 159 g/mol. The molecule has 0 spiro atoms. The third-order valence-corrected chi connectivity index (χ3v) is 1.89. The number of carbonyl (C=O) groups is 1. The molecular weight excluding hydrogens is 146 g/mol. The molecule has 11 heavy (non-hydrogen) atoms. The van der Waals surface area contributed by atoms with Crippen LogP contribution >= 0.6 is 0 Å². The standard InChI is InChI=1S/C7H13NO3/c1-5(2-9)6-4-11-7(3-10)8-6/h2,5-8,10H,3-4H2,1H3. The number of rotatable bonds is 3. The largest absolute Gasteiger partial charge is 0.392 e. The molecule has 0 bridgehead atoms. The summed E-state index contributed by atoms with van der Waals surface area (Å²) in [5, 5.41) is 11.7. The molecule has 4 heteroatoms. The van der Waals surface area contributed by atoms with E-state index in [0.717, 1.165) is 6.29 Å². The number of aliphatic hydroxyl groups is 1. The number of hydrogen-bond acceptors (Lipinski definition) is 4. The van der Waals surface area contributed by atoms with Crippen LogP contribution in [0.3, 0.4) is 0 Å². The zero-order valence-corrected chi connectivity index (χ0v) is 6.49. The van der Waals surface area contributed by atoms with Gasteiger partial charge in [0.1, 0.15) is 12.5 Å². The lowest BCUT2D eigenvalue weighted by atomic mass is 10.1. The maximum atomic E-state index is 10.3. The fourth-order valence-corrected chi connectivity index (χ4v) is 1.06. The maximum absolute atomic E-state index is 10.3. The Labute approximate surface area is 65.5 Å². The van der Waals surface area contributed by atoms with Gasteiger partial charge in [0, 0.05) is 12.0 Å². The van der Waals surface area contributed by atoms with Crippen molar-refractivity contribution >= 4 is 6.29 Å². The molecule has 1 rings (SSSR count). The summed E-state index contributed by atoms with van der Waals surface area (Å²) >= 11 is 0. The van der Waals surface area contributed by atoms with Crippen molar-refractivity contribution in [2.75, 3.05) is 13.2 Å². The molecule has 2 N–H and O–H groups in total. The second kappa shape index (κ2) is 3.80. The predicted octanol–water partition coefficient (Wildman–Crippen LogP) is -0.872. The SMILES string of the molecule is CC(C=O)C1COC(CO)N1. The molecule has 1 aliphatic rings. The molecule has 0 saturated carbocycles. The van der Waals surface area contributed by atoms with E-state index in [1.807, 2.05) is 6.92 Å². The zero-order chi connectivity index (χ0) is 8.27. The van der Waals surface area contributed by atoms with Crippen molar-refractivity contribution in [3.05, 3.63) is 0 Å². The van der Waals surface area contributed by atoms with Gasteiger partial charge in [0.25, 0.3) is 0 Å². The molecule has 64 valence electrons. The summed E-state index contributed by atoms with van der Waals surface area (Å²) in [5.41, 5.74) is 0. The molecule has 0 aromatic carbocycles. The van der Waals surface area contributed by atoms with Gasteiger partial charge in [0.15, 0.2) is 0 Å². The van der Waals surface area contributed by atoms with Crippen LogP contribution in [0.4, 0.5) is 0 Å². The van der Waals surface area contributed by atoms with E-state index in [4.69, 9.17) is 9.84 Å². The molecule has 1 saturated heterocycles. The van der Waals surface area contributed by atoms with Crippen molar-refractivity contribution < 1.29 is 14.6 Å². The monoisotopic (exact) mass is 159 g/mol. The van der Waals surface area contributed by atoms with Gasteiger partial charge in [-0.15, -0.1) is 0 Å². The fraction of sp³-hybridized carbons (Fsp3) is 0.857. The van der Waals surface area contributed by atoms with Crippen molar-refractivity contribution in [2.24, 2.45) is 5.92 Å². The Balaban J connectivity index is 2.34. The second-order valence-corrected chi connectivity index (χ2v) is 2.77. The van der Waals surface area contributed by atoms with E-state index in [0.29, 0.717) is 6.61 Å². The quantitative estimate of drug-likeness (QED) is 0.525. The van der Waals surface area contributed by atoms with E-state index in [9.17, 15) is 4.79 Å². The van der Waals surface area contributed by atoms with Gasteiger partial charge in [-0.05, 0) is 0 Å². The molecular formula is C7H13NO3. The molecule has 3 atom stereocenters. The number of aldehydes is 1. The van der Waals surface area contributed by atoms with Crippen molar-refractivity contribution in [3.63, 3.8) is 0 Å². The van der Waals surface area contributed by atoms with Crippen molar-refractivity contribution in [3.8, 4) is 0 Å². The number of hydrogen-bond donors (Lipinski definition) is 2. The van der Waals surface area contributed by atoms with E-state index in [1.54, 1.807) is 0 Å². The van der Waals surface area contributed by atoms with Gasteiger partial charge in [-0.2, -0.15) is 0 Å². The first-order chi connectivity index (χ1) is 5.27. The normalized spacial score (nSPS) is 33.6. The lowest BCUT2D eigenvalue weighted by Crippen LogP contribution is -2.37. The summed E-state index contributed by atoms with van der Waals surface area (Å²) < 4.78 is 5.12. The number of aliphatic hydroxyl groups excluding tert-OH is 1. The smallest absolute Gasteiger partial charge is 0.131 e. The lowest BCUT2D eigenvalue weighted by molar-refractivity contribution is -0.111. The Kier molecular flexibility index (Phi) is 2.99. The third-order valence-electron chi connectivity index (χ3n) is 1.89. The fourth-order valence-electron chi connectivity index (χ4n) is 1.06. The molecule has 1 fully saturated rings. The molecule has 1 heterocycles. The molecule has 3 unspecified atom stereocenters. The van der Waals surface area contributed by atoms with Gasteiger partial charge in [0.2, 0.25) is 0 Å². The van der Waals surface area contributed by atoms with Crippen LogP contribution in [-0.4, -0.2) is 36.9 Å². The highest BCUT2D eigenvalue weighted by Gasteiger charge is 2.27. The van der Waals surface area contributed by atoms with Crippen LogP contribution in [0.2, 0.25) is 0 Å². The van der Waals surface area contributed by atoms with Crippen LogP contribution < -0.4 is 5.32 Å². The Bertz CT molecular complexity index is 140. The minimum absolute atomic E-state index is 0.0396. The van der Waals surface area contributed by atoms with Gasteiger partial charge in [-0.25, -0.2) is 0 Å². The highest BCUT2D eigenvalue weighted by Crippen LogP contribution is 2.09. The minimum atomic E-state index is -0.289. The van der Waals surface area contributed by atoms with Crippen molar-refractivity contribution in [1.29, 1.82) is 0 Å². The summed E-state index contributed by atoms with van der Waals surface area (Å²) in [4.78, 5) is 10.3. The van der Waals surface area contributed by atoms with E-state index >= 15 is 0 Å². The van der Waals surface area contributed by atoms with Gasteiger partial charge in [-0.1, -0.05) is 6.92 Å². The first-order valence-electron chi connectivity index (χ1n) is 3.71. The molecule has 1 aliphatic heterocycles. The van der Waals surface area contributed by atoms with Crippen LogP contribution in [0.5, 0.6) is 0 Å². The highest BCUT2D eigenvalue weighted by molar-refractivity contribution is 5.54. The van der Waals surface area contributed by atoms with E-state index in [1.165, 1.54) is 0 Å². The zero-order valence-electron chi connectivity index (χ0n) is 6.49. The molecule has 0 aliphatic carbocycles. The van der Waals surface area contributed by atoms with Crippen molar-refractivity contribution in [2.45, 2.75) is 19.2 Å². The molecule has 0 aromatic heterocycles. The van der Waals surface area contributed by atoms with Crippen LogP contribution in [0.15, 0.2) is 0 Å². The summed E-state index contributed by atoms with van der Waals surface area (Å²) in [6.07, 6.45) is 0.600. The summed E-state index contributed by atoms with van der Waals surface area (Å²) in [7, 11) is 0. The van der Waals surface area contributed by atoms with Crippen LogP contribution in [0, 0.1) is 5.92 Å². The summed E-state index contributed by atoms with van der Waals surface area (Å²) in [6, 6.07) is 0.0599. The van der Waals surface area contributed by atoms with Crippen LogP contribution in [0.1, 0.15) is 6.92 Å². The maximum Gasteiger partial charge on any atom is 0.131 e. The summed E-state index contributed by atoms with van der Waals surface area (Å²) in [5.74, 6) is -0.0495. The van der Waals surface area contributed by atoms with Crippen LogP contribution in [0.25, 0.3) is 0 Å². The van der Waals surface area contributed by atoms with Gasteiger partial charge in [-0.3, -0.25) is 5.32 Å². The number of nitrogens with one attached hydrogen (secondary N) is 1. The Morgan fingerprint density at radius 1 is 1.91 bits per heavy atom. The average Bonchev–Trinajstić information content (AvgIpc) is 2.50. The van der Waals surface area contributed by atoms with E-state index < -0.39 is 0 Å². The van der Waals surface area contributed by atoms with E-state index in [-0.39, 0.29) is 24.8 Å². The Morgan fingerprint density at radius 3 is 3.09 bits per heavy atom. The topological polar surface area (TPSA) is 58.6 Å². The third kappa shape index (κ3) is 1.99. The Morgan fingerprint density at radius 2 is 2.64 bits per heavy atom. The first-order valence-corrected chi connectivity index (χ1v) is 3.71. The van der Waals surface area contributed by atoms with E-state index in [2.05, 4.69) is 5.32 Å². The molecule has 0 radical (unpaired) electrons.